The Labute approximate surface area is 203 Å². The van der Waals surface area contributed by atoms with Gasteiger partial charge >= 0.3 is 5.97 Å². The third-order valence-electron chi connectivity index (χ3n) is 6.96. The van der Waals surface area contributed by atoms with Crippen molar-refractivity contribution in [3.05, 3.63) is 60.2 Å². The van der Waals surface area contributed by atoms with Crippen molar-refractivity contribution in [2.45, 2.75) is 26.2 Å². The van der Waals surface area contributed by atoms with Gasteiger partial charge in [0.2, 0.25) is 17.7 Å². The van der Waals surface area contributed by atoms with E-state index in [0.717, 1.165) is 5.57 Å². The quantitative estimate of drug-likeness (QED) is 0.285. The van der Waals surface area contributed by atoms with Crippen molar-refractivity contribution in [3.63, 3.8) is 0 Å². The predicted molar refractivity (Wildman–Crippen MR) is 128 cm³/mol. The van der Waals surface area contributed by atoms with Crippen molar-refractivity contribution < 1.29 is 28.7 Å². The fourth-order valence-electron chi connectivity index (χ4n) is 5.05. The van der Waals surface area contributed by atoms with Crippen LogP contribution < -0.4 is 19.3 Å². The normalized spacial score (nSPS) is 23.9. The second-order valence-electron chi connectivity index (χ2n) is 9.24. The van der Waals surface area contributed by atoms with E-state index in [-0.39, 0.29) is 42.5 Å². The lowest BCUT2D eigenvalue weighted by Gasteiger charge is -2.18. The molecule has 3 atom stereocenters. The lowest BCUT2D eigenvalue weighted by Crippen LogP contribution is -2.30. The van der Waals surface area contributed by atoms with Crippen LogP contribution in [-0.4, -0.2) is 37.3 Å². The predicted octanol–water partition coefficient (Wildman–Crippen LogP) is 3.50. The van der Waals surface area contributed by atoms with Gasteiger partial charge in [0.15, 0.2) is 0 Å². The number of benzene rings is 2. The standard InChI is InChI=1S/C27H26N2O6/c1-16-6-11-22-23(12-16)26(32)29(25(22)31)18-7-9-20(10-8-18)35-27(33)17-13-24(30)28(15-17)19-4-3-5-21(14-19)34-2/h3-10,14,17,22-23H,11-13,15H2,1-2H3/t17-,22+,23+/m1/s1. The van der Waals surface area contributed by atoms with Crippen molar-refractivity contribution in [2.75, 3.05) is 23.5 Å². The highest BCUT2D eigenvalue weighted by atomic mass is 16.5. The number of imide groups is 1. The molecule has 0 N–H and O–H groups in total. The molecular weight excluding hydrogens is 448 g/mol. The fourth-order valence-corrected chi connectivity index (χ4v) is 5.05. The van der Waals surface area contributed by atoms with E-state index in [1.165, 1.54) is 4.90 Å². The third-order valence-corrected chi connectivity index (χ3v) is 6.96. The van der Waals surface area contributed by atoms with E-state index < -0.39 is 11.9 Å². The molecule has 8 nitrogen and oxygen atoms in total. The van der Waals surface area contributed by atoms with Crippen LogP contribution in [0.15, 0.2) is 60.2 Å². The van der Waals surface area contributed by atoms with Crippen molar-refractivity contribution in [1.29, 1.82) is 0 Å². The van der Waals surface area contributed by atoms with Crippen LogP contribution in [0.1, 0.15) is 26.2 Å². The lowest BCUT2D eigenvalue weighted by molar-refractivity contribution is -0.139. The van der Waals surface area contributed by atoms with E-state index in [1.807, 2.05) is 13.0 Å². The molecule has 0 saturated carbocycles. The second-order valence-corrected chi connectivity index (χ2v) is 9.24. The molecule has 5 rings (SSSR count). The third kappa shape index (κ3) is 4.20. The first-order chi connectivity index (χ1) is 16.9. The van der Waals surface area contributed by atoms with Crippen LogP contribution in [0.25, 0.3) is 0 Å². The number of hydrogen-bond acceptors (Lipinski definition) is 6. The zero-order valence-electron chi connectivity index (χ0n) is 19.6. The molecule has 0 radical (unpaired) electrons. The van der Waals surface area contributed by atoms with Gasteiger partial charge in [-0.25, -0.2) is 0 Å². The van der Waals surface area contributed by atoms with Crippen LogP contribution >= 0.6 is 0 Å². The van der Waals surface area contributed by atoms with Gasteiger partial charge in [0, 0.05) is 24.7 Å². The average Bonchev–Trinajstić information content (AvgIpc) is 3.37. The van der Waals surface area contributed by atoms with Crippen LogP contribution in [0.2, 0.25) is 0 Å². The van der Waals surface area contributed by atoms with Gasteiger partial charge in [-0.1, -0.05) is 17.7 Å². The highest BCUT2D eigenvalue weighted by molar-refractivity contribution is 6.22. The van der Waals surface area contributed by atoms with E-state index in [4.69, 9.17) is 9.47 Å². The minimum Gasteiger partial charge on any atom is -0.497 e. The van der Waals surface area contributed by atoms with Crippen LogP contribution in [0, 0.1) is 17.8 Å². The van der Waals surface area contributed by atoms with Crippen molar-refractivity contribution >= 4 is 35.1 Å². The molecule has 2 aromatic rings. The van der Waals surface area contributed by atoms with Crippen molar-refractivity contribution in [1.82, 2.24) is 0 Å². The van der Waals surface area contributed by atoms with Gasteiger partial charge in [-0.05, 0) is 56.2 Å². The number of rotatable bonds is 5. The van der Waals surface area contributed by atoms with Gasteiger partial charge < -0.3 is 14.4 Å². The van der Waals surface area contributed by atoms with Crippen molar-refractivity contribution in [2.24, 2.45) is 17.8 Å². The molecule has 0 bridgehead atoms. The van der Waals surface area contributed by atoms with Crippen LogP contribution in [0.3, 0.4) is 0 Å². The minimum absolute atomic E-state index is 0.0567. The fraction of sp³-hybridized carbons (Fsp3) is 0.333. The zero-order chi connectivity index (χ0) is 24.7. The molecule has 0 aromatic heterocycles. The lowest BCUT2D eigenvalue weighted by atomic mass is 9.82. The Morgan fingerprint density at radius 1 is 0.914 bits per heavy atom. The molecule has 180 valence electrons. The molecule has 2 fully saturated rings. The molecule has 2 aromatic carbocycles. The molecule has 8 heteroatoms. The number of hydrogen-bond donors (Lipinski definition) is 0. The average molecular weight is 475 g/mol. The first-order valence-electron chi connectivity index (χ1n) is 11.7. The summed E-state index contributed by atoms with van der Waals surface area (Å²) >= 11 is 0. The van der Waals surface area contributed by atoms with Crippen LogP contribution in [0.4, 0.5) is 11.4 Å². The van der Waals surface area contributed by atoms with Crippen LogP contribution in [-0.2, 0) is 19.2 Å². The first kappa shape index (κ1) is 22.8. The smallest absolute Gasteiger partial charge is 0.316 e. The Bertz CT molecular complexity index is 1230. The van der Waals surface area contributed by atoms with Gasteiger partial charge in [0.25, 0.3) is 0 Å². The molecule has 2 saturated heterocycles. The summed E-state index contributed by atoms with van der Waals surface area (Å²) in [6.07, 6.45) is 3.28. The Morgan fingerprint density at radius 3 is 2.40 bits per heavy atom. The summed E-state index contributed by atoms with van der Waals surface area (Å²) in [5.41, 5.74) is 2.26. The Kier molecular flexibility index (Phi) is 5.88. The SMILES string of the molecule is COc1cccc(N2C[C@H](C(=O)Oc3ccc(N4C(=O)[C@H]5CC=C(C)C[C@@H]5C4=O)cc3)CC2=O)c1. The number of amides is 3. The monoisotopic (exact) mass is 474 g/mol. The van der Waals surface area contributed by atoms with Crippen molar-refractivity contribution in [3.8, 4) is 11.5 Å². The number of anilines is 2. The summed E-state index contributed by atoms with van der Waals surface area (Å²) in [5, 5.41) is 0. The first-order valence-corrected chi connectivity index (χ1v) is 11.7. The summed E-state index contributed by atoms with van der Waals surface area (Å²) in [5.74, 6) is -1.33. The summed E-state index contributed by atoms with van der Waals surface area (Å²) < 4.78 is 10.7. The highest BCUT2D eigenvalue weighted by Gasteiger charge is 2.48. The van der Waals surface area contributed by atoms with E-state index >= 15 is 0 Å². The Morgan fingerprint density at radius 2 is 1.66 bits per heavy atom. The zero-order valence-corrected chi connectivity index (χ0v) is 19.6. The van der Waals surface area contributed by atoms with Gasteiger partial charge in [0.1, 0.15) is 11.5 Å². The summed E-state index contributed by atoms with van der Waals surface area (Å²) in [4.78, 5) is 53.8. The maximum absolute atomic E-state index is 12.9. The molecule has 1 aliphatic carbocycles. The molecule has 0 unspecified atom stereocenters. The van der Waals surface area contributed by atoms with Gasteiger partial charge in [-0.3, -0.25) is 24.1 Å². The maximum Gasteiger partial charge on any atom is 0.316 e. The number of carbonyl (C=O) groups is 4. The minimum atomic E-state index is -0.603. The summed E-state index contributed by atoms with van der Waals surface area (Å²) in [7, 11) is 1.55. The summed E-state index contributed by atoms with van der Waals surface area (Å²) in [6.45, 7) is 2.20. The number of ether oxygens (including phenoxy) is 2. The number of carbonyl (C=O) groups excluding carboxylic acids is 4. The molecule has 3 aliphatic rings. The Hall–Kier alpha value is -3.94. The largest absolute Gasteiger partial charge is 0.497 e. The van der Waals surface area contributed by atoms with Crippen LogP contribution in [0.5, 0.6) is 11.5 Å². The topological polar surface area (TPSA) is 93.2 Å². The molecule has 2 aliphatic heterocycles. The van der Waals surface area contributed by atoms with E-state index in [1.54, 1.807) is 60.5 Å². The molecule has 0 spiro atoms. The van der Waals surface area contributed by atoms with E-state index in [2.05, 4.69) is 0 Å². The summed E-state index contributed by atoms with van der Waals surface area (Å²) in [6, 6.07) is 13.5. The van der Waals surface area contributed by atoms with Gasteiger partial charge in [-0.2, -0.15) is 0 Å². The highest BCUT2D eigenvalue weighted by Crippen LogP contribution is 2.40. The molecule has 3 amide bonds. The van der Waals surface area contributed by atoms with Gasteiger partial charge in [0.05, 0.1) is 30.6 Å². The number of fused-ring (bicyclic) bond motifs is 1. The number of nitrogens with zero attached hydrogens (tertiary/aromatic N) is 2. The number of esters is 1. The molecule has 2 heterocycles. The van der Waals surface area contributed by atoms with Gasteiger partial charge in [-0.15, -0.1) is 0 Å². The number of methoxy groups -OCH3 is 1. The molecule has 35 heavy (non-hydrogen) atoms. The van der Waals surface area contributed by atoms with E-state index in [0.29, 0.717) is 35.7 Å². The number of allylic oxidation sites excluding steroid dienone is 2. The maximum atomic E-state index is 12.9. The Balaban J connectivity index is 1.24. The second kappa shape index (κ2) is 9.02. The van der Waals surface area contributed by atoms with E-state index in [9.17, 15) is 19.2 Å². The molecular formula is C27H26N2O6.